The van der Waals surface area contributed by atoms with Crippen molar-refractivity contribution in [1.29, 1.82) is 0 Å². The SMILES string of the molecule is C(#Cc1ccc(-c2nc(-c3ccc(Sc4ccccc4)cc3)c(-c3ccc(Sc4ccccc4)cc3)[nH]2)cc1)c1ccccc1. The fourth-order valence-electron chi connectivity index (χ4n) is 4.92. The zero-order chi connectivity index (χ0) is 30.3. The molecule has 0 amide bonds. The van der Waals surface area contributed by atoms with E-state index in [0.29, 0.717) is 0 Å². The molecule has 45 heavy (non-hydrogen) atoms. The molecule has 6 aromatic carbocycles. The molecule has 1 N–H and O–H groups in total. The van der Waals surface area contributed by atoms with Crippen molar-refractivity contribution >= 4 is 23.5 Å². The average Bonchev–Trinajstić information content (AvgIpc) is 3.55. The lowest BCUT2D eigenvalue weighted by Crippen LogP contribution is -1.85. The Labute approximate surface area is 272 Å². The highest BCUT2D eigenvalue weighted by molar-refractivity contribution is 7.99. The highest BCUT2D eigenvalue weighted by Gasteiger charge is 2.16. The summed E-state index contributed by atoms with van der Waals surface area (Å²) in [6, 6.07) is 56.6. The number of H-pyrrole nitrogens is 1. The lowest BCUT2D eigenvalue weighted by atomic mass is 10.1. The van der Waals surface area contributed by atoms with Crippen LogP contribution in [0, 0.1) is 11.8 Å². The second-order valence-electron chi connectivity index (χ2n) is 10.4. The number of aromatic amines is 1. The molecule has 1 aromatic heterocycles. The van der Waals surface area contributed by atoms with Gasteiger partial charge in [-0.1, -0.05) is 126 Å². The van der Waals surface area contributed by atoms with Crippen LogP contribution in [0.1, 0.15) is 11.1 Å². The first-order valence-electron chi connectivity index (χ1n) is 14.7. The van der Waals surface area contributed by atoms with Crippen molar-refractivity contribution in [3.8, 4) is 45.7 Å². The predicted molar refractivity (Wildman–Crippen MR) is 188 cm³/mol. The molecule has 0 unspecified atom stereocenters. The zero-order valence-electron chi connectivity index (χ0n) is 24.4. The van der Waals surface area contributed by atoms with Crippen molar-refractivity contribution in [2.45, 2.75) is 19.6 Å². The van der Waals surface area contributed by atoms with E-state index in [1.165, 1.54) is 19.6 Å². The summed E-state index contributed by atoms with van der Waals surface area (Å²) in [5.41, 5.74) is 7.07. The number of hydrogen-bond donors (Lipinski definition) is 1. The minimum Gasteiger partial charge on any atom is -0.337 e. The summed E-state index contributed by atoms with van der Waals surface area (Å²) in [6.45, 7) is 0. The molecule has 0 saturated heterocycles. The number of nitrogens with one attached hydrogen (secondary N) is 1. The van der Waals surface area contributed by atoms with E-state index >= 15 is 0 Å². The van der Waals surface area contributed by atoms with Gasteiger partial charge in [0.05, 0.1) is 11.4 Å². The highest BCUT2D eigenvalue weighted by Crippen LogP contribution is 2.36. The van der Waals surface area contributed by atoms with Crippen LogP contribution < -0.4 is 0 Å². The van der Waals surface area contributed by atoms with E-state index < -0.39 is 0 Å². The topological polar surface area (TPSA) is 28.7 Å². The van der Waals surface area contributed by atoms with Crippen LogP contribution in [0.2, 0.25) is 0 Å². The fourth-order valence-corrected chi connectivity index (χ4v) is 6.60. The second-order valence-corrected chi connectivity index (χ2v) is 12.7. The molecule has 4 heteroatoms. The van der Waals surface area contributed by atoms with Gasteiger partial charge >= 0.3 is 0 Å². The van der Waals surface area contributed by atoms with Crippen molar-refractivity contribution in [2.24, 2.45) is 0 Å². The molecular weight excluding hydrogens is 585 g/mol. The Kier molecular flexibility index (Phi) is 8.64. The molecule has 0 saturated carbocycles. The van der Waals surface area contributed by atoms with Crippen molar-refractivity contribution < 1.29 is 0 Å². The van der Waals surface area contributed by atoms with Gasteiger partial charge in [0.15, 0.2) is 0 Å². The number of rotatable bonds is 7. The van der Waals surface area contributed by atoms with Crippen molar-refractivity contribution in [3.63, 3.8) is 0 Å². The molecule has 0 aliphatic heterocycles. The first-order chi connectivity index (χ1) is 22.3. The highest BCUT2D eigenvalue weighted by atomic mass is 32.2. The van der Waals surface area contributed by atoms with Gasteiger partial charge in [-0.3, -0.25) is 0 Å². The Morgan fingerprint density at radius 2 is 0.822 bits per heavy atom. The Hall–Kier alpha value is -5.21. The van der Waals surface area contributed by atoms with Crippen LogP contribution >= 0.6 is 23.5 Å². The monoisotopic (exact) mass is 612 g/mol. The lowest BCUT2D eigenvalue weighted by Gasteiger charge is -2.07. The minimum absolute atomic E-state index is 0.827. The molecule has 0 bridgehead atoms. The molecular formula is C41H28N2S2. The summed E-state index contributed by atoms with van der Waals surface area (Å²) >= 11 is 3.52. The largest absolute Gasteiger partial charge is 0.337 e. The van der Waals surface area contributed by atoms with E-state index in [0.717, 1.165) is 45.0 Å². The van der Waals surface area contributed by atoms with E-state index in [9.17, 15) is 0 Å². The number of hydrogen-bond acceptors (Lipinski definition) is 3. The van der Waals surface area contributed by atoms with E-state index in [4.69, 9.17) is 4.98 Å². The third-order valence-corrected chi connectivity index (χ3v) is 9.25. The molecule has 7 aromatic rings. The Balaban J connectivity index is 1.20. The molecule has 0 aliphatic carbocycles. The maximum atomic E-state index is 5.15. The molecule has 0 spiro atoms. The summed E-state index contributed by atoms with van der Waals surface area (Å²) in [6.07, 6.45) is 0. The van der Waals surface area contributed by atoms with Crippen LogP contribution in [0.3, 0.4) is 0 Å². The van der Waals surface area contributed by atoms with Crippen LogP contribution in [0.25, 0.3) is 33.9 Å². The van der Waals surface area contributed by atoms with Crippen LogP contribution in [0.4, 0.5) is 0 Å². The van der Waals surface area contributed by atoms with E-state index in [-0.39, 0.29) is 0 Å². The zero-order valence-corrected chi connectivity index (χ0v) is 26.0. The van der Waals surface area contributed by atoms with Crippen LogP contribution in [-0.4, -0.2) is 9.97 Å². The molecule has 0 fully saturated rings. The number of nitrogens with zero attached hydrogens (tertiary/aromatic N) is 1. The van der Waals surface area contributed by atoms with E-state index in [1.54, 1.807) is 23.5 Å². The van der Waals surface area contributed by atoms with Gasteiger partial charge in [0.25, 0.3) is 0 Å². The quantitative estimate of drug-likeness (QED) is 0.182. The number of aromatic nitrogens is 2. The van der Waals surface area contributed by atoms with Crippen LogP contribution in [0.5, 0.6) is 0 Å². The average molecular weight is 613 g/mol. The molecule has 0 atom stereocenters. The summed E-state index contributed by atoms with van der Waals surface area (Å²) < 4.78 is 0. The van der Waals surface area contributed by atoms with Crippen molar-refractivity contribution in [1.82, 2.24) is 9.97 Å². The summed E-state index contributed by atoms with van der Waals surface area (Å²) in [5.74, 6) is 7.33. The molecule has 214 valence electrons. The number of benzene rings is 6. The van der Waals surface area contributed by atoms with Gasteiger partial charge in [-0.05, 0) is 72.8 Å². The van der Waals surface area contributed by atoms with Crippen LogP contribution in [-0.2, 0) is 0 Å². The first-order valence-corrected chi connectivity index (χ1v) is 16.3. The van der Waals surface area contributed by atoms with Gasteiger partial charge in [-0.25, -0.2) is 4.98 Å². The van der Waals surface area contributed by atoms with Gasteiger partial charge in [0, 0.05) is 47.4 Å². The molecule has 2 nitrogen and oxygen atoms in total. The molecule has 7 rings (SSSR count). The van der Waals surface area contributed by atoms with Gasteiger partial charge in [0.2, 0.25) is 0 Å². The van der Waals surface area contributed by atoms with Gasteiger partial charge in [-0.2, -0.15) is 0 Å². The number of imidazole rings is 1. The smallest absolute Gasteiger partial charge is 0.138 e. The van der Waals surface area contributed by atoms with Gasteiger partial charge in [-0.15, -0.1) is 0 Å². The van der Waals surface area contributed by atoms with E-state index in [2.05, 4.69) is 138 Å². The molecule has 0 aliphatic rings. The van der Waals surface area contributed by atoms with Gasteiger partial charge < -0.3 is 4.98 Å². The second kappa shape index (κ2) is 13.6. The van der Waals surface area contributed by atoms with Crippen molar-refractivity contribution in [3.05, 3.63) is 175 Å². The van der Waals surface area contributed by atoms with E-state index in [1.807, 2.05) is 42.5 Å². The summed E-state index contributed by atoms with van der Waals surface area (Å²) in [4.78, 5) is 13.6. The van der Waals surface area contributed by atoms with Crippen molar-refractivity contribution in [2.75, 3.05) is 0 Å². The Bertz CT molecular complexity index is 1950. The Morgan fingerprint density at radius 1 is 0.400 bits per heavy atom. The first kappa shape index (κ1) is 28.6. The summed E-state index contributed by atoms with van der Waals surface area (Å²) in [7, 11) is 0. The maximum Gasteiger partial charge on any atom is 0.138 e. The Morgan fingerprint density at radius 3 is 1.36 bits per heavy atom. The third kappa shape index (κ3) is 7.13. The maximum absolute atomic E-state index is 5.15. The van der Waals surface area contributed by atoms with Gasteiger partial charge in [0.1, 0.15) is 5.82 Å². The molecule has 0 radical (unpaired) electrons. The lowest BCUT2D eigenvalue weighted by molar-refractivity contribution is 1.30. The standard InChI is InChI=1S/C41H28N2S2/c1-4-10-30(11-5-1)16-17-31-18-20-34(21-19-31)41-42-39(32-22-26-37(27-23-32)44-35-12-6-2-7-13-35)40(43-41)33-24-28-38(29-25-33)45-36-14-8-3-9-15-36/h1-15,18-29H,(H,42,43). The predicted octanol–water partition coefficient (Wildman–Crippen LogP) is 11.1. The normalized spacial score (nSPS) is 10.7. The third-order valence-electron chi connectivity index (χ3n) is 7.22. The summed E-state index contributed by atoms with van der Waals surface area (Å²) in [5, 5.41) is 0. The fraction of sp³-hybridized carbons (Fsp3) is 0. The van der Waals surface area contributed by atoms with Crippen LogP contribution in [0.15, 0.2) is 183 Å². The molecule has 1 heterocycles. The minimum atomic E-state index is 0.827.